The Kier molecular flexibility index (Phi) is 27.5. The highest BCUT2D eigenvalue weighted by Crippen LogP contribution is 2.48. The largest absolute Gasteiger partial charge is 0.490 e. The van der Waals surface area contributed by atoms with Gasteiger partial charge in [-0.3, -0.25) is 0 Å². The first kappa shape index (κ1) is 95.9. The lowest BCUT2D eigenvalue weighted by atomic mass is 9.82. The maximum absolute atomic E-state index is 12.5. The highest BCUT2D eigenvalue weighted by molar-refractivity contribution is 7.22. The summed E-state index contributed by atoms with van der Waals surface area (Å²) in [6, 6.07) is 92.2. The summed E-state index contributed by atoms with van der Waals surface area (Å²) in [5, 5.41) is 47.2. The number of para-hydroxylation sites is 3. The van der Waals surface area contributed by atoms with Crippen LogP contribution < -0.4 is 18.9 Å². The molecule has 3 fully saturated rings. The van der Waals surface area contributed by atoms with Crippen LogP contribution in [0.5, 0.6) is 23.0 Å². The molecule has 0 bridgehead atoms. The normalized spacial score (nSPS) is 16.2. The summed E-state index contributed by atoms with van der Waals surface area (Å²) in [6.07, 6.45) is 12.3. The number of aromatic carboxylic acids is 4. The number of aryl methyl sites for hydroxylation is 8. The van der Waals surface area contributed by atoms with E-state index in [-0.39, 0.29) is 47.2 Å². The number of carbonyl (C=O) groups is 4. The van der Waals surface area contributed by atoms with E-state index in [9.17, 15) is 39.6 Å². The van der Waals surface area contributed by atoms with Crippen molar-refractivity contribution in [3.8, 4) is 67.9 Å². The standard InChI is InChI=1S/3C32H29NO4.C28H20N2O3S/c3*1-19-15-16-28(36-23-12-8-11-22(17-23)21-9-4-3-5-10-21)29-25(32(34)35)18-26(33-30(19)29)31-20(2)24-13-6-7-14-27(24)37-31;1-16-11-12-23(33-15-18-7-6-8-19(13-18)29-3)25-21(28(31)32)14-22(30-26(16)25)27-17(2)20-9-4-5-10-24(20)34-27/h3*3-7,9-10,13-16,18,22-23H,8,11-12,17H2,1-2H3,(H,34,35);4-14H,15H2,1-2H3,(H,31,32)/t2*22-,23+;22-,23-;/m101./s1. The molecule has 12 aromatic carbocycles. The van der Waals surface area contributed by atoms with E-state index in [4.69, 9.17) is 58.7 Å². The molecule has 21 heteroatoms. The van der Waals surface area contributed by atoms with Crippen LogP contribution in [0.25, 0.3) is 136 Å². The first-order valence-electron chi connectivity index (χ1n) is 49.3. The Labute approximate surface area is 842 Å². The van der Waals surface area contributed by atoms with Crippen molar-refractivity contribution in [2.75, 3.05) is 0 Å². The van der Waals surface area contributed by atoms with Gasteiger partial charge in [-0.1, -0.05) is 206 Å². The monoisotopic (exact) mass is 1940 g/mol. The van der Waals surface area contributed by atoms with E-state index in [1.807, 2.05) is 213 Å². The van der Waals surface area contributed by atoms with Gasteiger partial charge in [-0.15, -0.1) is 11.3 Å². The number of carboxylic acids is 4. The molecule has 145 heavy (non-hydrogen) atoms. The van der Waals surface area contributed by atoms with Crippen molar-refractivity contribution in [1.29, 1.82) is 0 Å². The average molecular weight is 1940 g/mol. The number of fused-ring (bicyclic) bond motifs is 8. The third-order valence-electron chi connectivity index (χ3n) is 28.7. The molecule has 8 heterocycles. The average Bonchev–Trinajstić information content (AvgIpc) is 1.75. The summed E-state index contributed by atoms with van der Waals surface area (Å²) in [4.78, 5) is 74.1. The summed E-state index contributed by atoms with van der Waals surface area (Å²) in [6.45, 7) is 23.2. The Morgan fingerprint density at radius 2 is 0.662 bits per heavy atom. The summed E-state index contributed by atoms with van der Waals surface area (Å²) in [5.74, 6) is 1.24. The van der Waals surface area contributed by atoms with Gasteiger partial charge in [0.15, 0.2) is 23.0 Å². The summed E-state index contributed by atoms with van der Waals surface area (Å²) < 4.78 is 45.3. The highest BCUT2D eigenvalue weighted by Gasteiger charge is 2.34. The third kappa shape index (κ3) is 19.8. The minimum Gasteiger partial charge on any atom is -0.490 e. The molecule has 3 aliphatic rings. The highest BCUT2D eigenvalue weighted by atomic mass is 32.1. The fraction of sp³-hybridized carbons (Fsp3) is 0.218. The van der Waals surface area contributed by atoms with Crippen molar-refractivity contribution in [2.24, 2.45) is 0 Å². The van der Waals surface area contributed by atoms with Gasteiger partial charge in [-0.05, 0) is 285 Å². The van der Waals surface area contributed by atoms with Gasteiger partial charge < -0.3 is 52.6 Å². The SMILES string of the molecule is Cc1c(-c2cc(C(=O)O)c3c(O[C@@H]4CCC[C@@H](c5ccccc5)C4)ccc(C)c3n2)oc2ccccc12.Cc1c(-c2cc(C(=O)O)c3c(O[C@@H]4CCC[C@H](c5ccccc5)C4)ccc(C)c3n2)oc2ccccc12.Cc1c(-c2cc(C(=O)O)c3c(O[C@H]4CCC[C@@H](c5ccccc5)C4)ccc(C)c3n2)oc2ccccc12.[C-]#[N+]c1cccc(COc2ccc(C)c3nc(-c4sc5ccccc5c4C)cc(C(=O)O)c23)c1. The van der Waals surface area contributed by atoms with Crippen LogP contribution in [0.3, 0.4) is 0 Å². The summed E-state index contributed by atoms with van der Waals surface area (Å²) >= 11 is 1.62. The number of furan rings is 3. The lowest BCUT2D eigenvalue weighted by Crippen LogP contribution is -2.24. The van der Waals surface area contributed by atoms with Gasteiger partial charge in [0.2, 0.25) is 0 Å². The second-order valence-corrected chi connectivity index (χ2v) is 39.2. The molecule has 0 radical (unpaired) electrons. The van der Waals surface area contributed by atoms with Crippen molar-refractivity contribution in [2.45, 2.75) is 175 Å². The van der Waals surface area contributed by atoms with E-state index >= 15 is 0 Å². The van der Waals surface area contributed by atoms with Crippen molar-refractivity contribution >= 4 is 128 Å². The van der Waals surface area contributed by atoms with Crippen LogP contribution in [0.15, 0.2) is 298 Å². The number of rotatable bonds is 20. The molecule has 23 rings (SSSR count). The van der Waals surface area contributed by atoms with E-state index in [2.05, 4.69) is 89.8 Å². The Balaban J connectivity index is 0.000000118. The molecule has 8 aromatic heterocycles. The van der Waals surface area contributed by atoms with E-state index < -0.39 is 23.9 Å². The van der Waals surface area contributed by atoms with Crippen LogP contribution in [-0.4, -0.2) is 82.6 Å². The number of pyridine rings is 4. The molecule has 0 unspecified atom stereocenters. The topological polar surface area (TPSA) is 281 Å². The number of hydrogen-bond donors (Lipinski definition) is 4. The number of ether oxygens (including phenoxy) is 4. The van der Waals surface area contributed by atoms with Gasteiger partial charge >= 0.3 is 23.9 Å². The van der Waals surface area contributed by atoms with Crippen molar-refractivity contribution in [3.63, 3.8) is 0 Å². The van der Waals surface area contributed by atoms with Gasteiger partial charge in [0, 0.05) is 37.5 Å². The van der Waals surface area contributed by atoms with E-state index in [0.717, 1.165) is 175 Å². The van der Waals surface area contributed by atoms with Crippen LogP contribution >= 0.6 is 11.3 Å². The van der Waals surface area contributed by atoms with Gasteiger partial charge in [-0.2, -0.15) is 0 Å². The molecule has 0 aliphatic heterocycles. The molecule has 724 valence electrons. The Bertz CT molecular complexity index is 7860. The van der Waals surface area contributed by atoms with Gasteiger partial charge in [-0.25, -0.2) is 44.0 Å². The van der Waals surface area contributed by atoms with Gasteiger partial charge in [0.1, 0.15) is 63.4 Å². The first-order chi connectivity index (χ1) is 70.4. The zero-order valence-corrected chi connectivity index (χ0v) is 82.5. The van der Waals surface area contributed by atoms with E-state index in [1.54, 1.807) is 53.8 Å². The maximum atomic E-state index is 12.5. The molecule has 3 saturated carbocycles. The molecular weight excluding hydrogens is 1830 g/mol. The van der Waals surface area contributed by atoms with Gasteiger partial charge in [0.05, 0.1) is 101 Å². The zero-order chi connectivity index (χ0) is 100. The van der Waals surface area contributed by atoms with E-state index in [0.29, 0.717) is 130 Å². The Morgan fingerprint density at radius 3 is 1.01 bits per heavy atom. The van der Waals surface area contributed by atoms with Crippen molar-refractivity contribution < 1.29 is 71.8 Å². The van der Waals surface area contributed by atoms with Crippen LogP contribution in [0.2, 0.25) is 0 Å². The van der Waals surface area contributed by atoms with E-state index in [1.165, 1.54) is 16.7 Å². The molecule has 6 atom stereocenters. The minimum atomic E-state index is -1.03. The zero-order valence-electron chi connectivity index (χ0n) is 81.7. The quantitative estimate of drug-likeness (QED) is 0.0516. The molecule has 0 spiro atoms. The molecular formula is C124H107N5O15S. The van der Waals surface area contributed by atoms with Crippen LogP contribution in [0.4, 0.5) is 5.69 Å². The smallest absolute Gasteiger partial charge is 0.336 e. The predicted octanol–water partition coefficient (Wildman–Crippen LogP) is 31.8. The number of aromatic nitrogens is 4. The summed E-state index contributed by atoms with van der Waals surface area (Å²) in [5.41, 5.74) is 20.5. The Morgan fingerprint density at radius 1 is 0.345 bits per heavy atom. The molecule has 20 aromatic rings. The second-order valence-electron chi connectivity index (χ2n) is 38.2. The summed E-state index contributed by atoms with van der Waals surface area (Å²) in [7, 11) is 0. The maximum Gasteiger partial charge on any atom is 0.336 e. The fourth-order valence-corrected chi connectivity index (χ4v) is 22.4. The number of thiophene rings is 1. The number of benzene rings is 12. The number of hydrogen-bond acceptors (Lipinski definition) is 16. The first-order valence-corrected chi connectivity index (χ1v) is 50.1. The van der Waals surface area contributed by atoms with Crippen LogP contribution in [0, 0.1) is 62.0 Å². The molecule has 0 amide bonds. The third-order valence-corrected chi connectivity index (χ3v) is 30.0. The molecule has 4 N–H and O–H groups in total. The van der Waals surface area contributed by atoms with Crippen LogP contribution in [-0.2, 0) is 6.61 Å². The number of nitrogens with zero attached hydrogens (tertiary/aromatic N) is 5. The molecule has 3 aliphatic carbocycles. The molecule has 20 nitrogen and oxygen atoms in total. The lowest BCUT2D eigenvalue weighted by Gasteiger charge is -2.30. The Hall–Kier alpha value is -16.6. The predicted molar refractivity (Wildman–Crippen MR) is 572 cm³/mol. The minimum absolute atomic E-state index is 0.0174. The lowest BCUT2D eigenvalue weighted by molar-refractivity contribution is 0.0687. The van der Waals surface area contributed by atoms with Crippen molar-refractivity contribution in [3.05, 3.63) is 386 Å². The number of carboxylic acid groups (broad SMARTS) is 4. The fourth-order valence-electron chi connectivity index (χ4n) is 21.3. The second kappa shape index (κ2) is 41.5. The van der Waals surface area contributed by atoms with Crippen molar-refractivity contribution in [1.82, 2.24) is 19.9 Å². The molecule has 0 saturated heterocycles. The van der Waals surface area contributed by atoms with Crippen LogP contribution in [0.1, 0.15) is 203 Å². The van der Waals surface area contributed by atoms with Gasteiger partial charge in [0.25, 0.3) is 0 Å².